The highest BCUT2D eigenvalue weighted by atomic mass is 16.2. The van der Waals surface area contributed by atoms with Crippen molar-refractivity contribution in [2.24, 2.45) is 0 Å². The summed E-state index contributed by atoms with van der Waals surface area (Å²) in [7, 11) is 0. The molecule has 1 aliphatic heterocycles. The summed E-state index contributed by atoms with van der Waals surface area (Å²) in [5.41, 5.74) is 1.92. The van der Waals surface area contributed by atoms with Gasteiger partial charge in [-0.1, -0.05) is 13.8 Å². The third-order valence-electron chi connectivity index (χ3n) is 4.55. The third kappa shape index (κ3) is 3.79. The van der Waals surface area contributed by atoms with Crippen LogP contribution in [-0.4, -0.2) is 57.0 Å². The van der Waals surface area contributed by atoms with Gasteiger partial charge in [0.2, 0.25) is 5.91 Å². The van der Waals surface area contributed by atoms with Gasteiger partial charge < -0.3 is 10.6 Å². The first-order valence-corrected chi connectivity index (χ1v) is 8.75. The zero-order valence-electron chi connectivity index (χ0n) is 14.7. The second kappa shape index (κ2) is 7.60. The predicted molar refractivity (Wildman–Crippen MR) is 93.1 cm³/mol. The van der Waals surface area contributed by atoms with Crippen LogP contribution in [0.15, 0.2) is 18.6 Å². The van der Waals surface area contributed by atoms with Gasteiger partial charge >= 0.3 is 0 Å². The number of aromatic nitrogens is 3. The van der Waals surface area contributed by atoms with Crippen LogP contribution in [0.5, 0.6) is 0 Å². The first-order chi connectivity index (χ1) is 12.1. The number of fused-ring (bicyclic) bond motifs is 1. The van der Waals surface area contributed by atoms with Crippen molar-refractivity contribution in [3.63, 3.8) is 0 Å². The molecule has 1 aliphatic rings. The van der Waals surface area contributed by atoms with E-state index in [0.717, 1.165) is 31.6 Å². The van der Waals surface area contributed by atoms with Crippen molar-refractivity contribution >= 4 is 17.5 Å². The summed E-state index contributed by atoms with van der Waals surface area (Å²) in [5.74, 6) is -0.452. The van der Waals surface area contributed by atoms with E-state index in [9.17, 15) is 9.59 Å². The van der Waals surface area contributed by atoms with Crippen molar-refractivity contribution in [1.29, 1.82) is 0 Å². The van der Waals surface area contributed by atoms with Gasteiger partial charge in [0.1, 0.15) is 11.6 Å². The third-order valence-corrected chi connectivity index (χ3v) is 4.55. The predicted octanol–water partition coefficient (Wildman–Crippen LogP) is 0.580. The quantitative estimate of drug-likeness (QED) is 0.800. The molecule has 2 amide bonds. The molecule has 0 aromatic carbocycles. The van der Waals surface area contributed by atoms with Crippen LogP contribution in [0, 0.1) is 0 Å². The summed E-state index contributed by atoms with van der Waals surface area (Å²) in [6, 6.07) is -0.488. The highest BCUT2D eigenvalue weighted by Crippen LogP contribution is 2.12. The van der Waals surface area contributed by atoms with Gasteiger partial charge in [0, 0.05) is 31.0 Å². The maximum absolute atomic E-state index is 12.5. The molecule has 0 aliphatic carbocycles. The molecule has 2 aromatic heterocycles. The van der Waals surface area contributed by atoms with Crippen LogP contribution in [0.25, 0.3) is 5.65 Å². The lowest BCUT2D eigenvalue weighted by Gasteiger charge is -2.22. The molecular weight excluding hydrogens is 320 g/mol. The van der Waals surface area contributed by atoms with E-state index in [1.165, 1.54) is 6.20 Å². The topological polar surface area (TPSA) is 91.6 Å². The monoisotopic (exact) mass is 344 g/mol. The van der Waals surface area contributed by atoms with Gasteiger partial charge in [-0.25, -0.2) is 9.50 Å². The van der Waals surface area contributed by atoms with Crippen LogP contribution in [0.1, 0.15) is 42.6 Å². The van der Waals surface area contributed by atoms with Gasteiger partial charge in [-0.2, -0.15) is 5.10 Å². The molecule has 3 heterocycles. The van der Waals surface area contributed by atoms with Crippen LogP contribution < -0.4 is 10.6 Å². The Labute approximate surface area is 146 Å². The second-order valence-electron chi connectivity index (χ2n) is 6.21. The Kier molecular flexibility index (Phi) is 5.28. The van der Waals surface area contributed by atoms with E-state index >= 15 is 0 Å². The summed E-state index contributed by atoms with van der Waals surface area (Å²) in [6.07, 6.45) is 6.68. The van der Waals surface area contributed by atoms with Crippen LogP contribution in [0.2, 0.25) is 0 Å². The summed E-state index contributed by atoms with van der Waals surface area (Å²) in [4.78, 5) is 31.0. The minimum atomic E-state index is -0.488. The number of hydrogen-bond acceptors (Lipinski definition) is 5. The van der Waals surface area contributed by atoms with Crippen LogP contribution in [0.3, 0.4) is 0 Å². The molecule has 0 spiro atoms. The fraction of sp³-hybridized carbons (Fsp3) is 0.529. The van der Waals surface area contributed by atoms with E-state index in [0.29, 0.717) is 24.2 Å². The molecule has 2 N–H and O–H groups in total. The van der Waals surface area contributed by atoms with Crippen molar-refractivity contribution < 1.29 is 9.59 Å². The maximum atomic E-state index is 12.5. The molecule has 1 saturated heterocycles. The molecule has 1 atom stereocenters. The van der Waals surface area contributed by atoms with Gasteiger partial charge in [0.15, 0.2) is 5.65 Å². The van der Waals surface area contributed by atoms with E-state index in [1.54, 1.807) is 10.7 Å². The molecule has 0 unspecified atom stereocenters. The fourth-order valence-corrected chi connectivity index (χ4v) is 3.01. The van der Waals surface area contributed by atoms with Crippen molar-refractivity contribution in [2.45, 2.75) is 39.3 Å². The Hall–Kier alpha value is -2.48. The standard InChI is InChI=1S/C17H24N6O2/c1-3-22(4-2)10-12-8-19-15-13(9-20-23(15)11-12)16(24)21-14-6-5-7-18-17(14)25/h8-9,11,14H,3-7,10H2,1-2H3,(H,18,25)(H,21,24)/t14-/m0/s1. The first-order valence-electron chi connectivity index (χ1n) is 8.75. The Bertz CT molecular complexity index is 768. The Balaban J connectivity index is 1.76. The zero-order chi connectivity index (χ0) is 17.8. The van der Waals surface area contributed by atoms with E-state index in [1.807, 2.05) is 6.20 Å². The molecule has 8 nitrogen and oxygen atoms in total. The number of piperidine rings is 1. The maximum Gasteiger partial charge on any atom is 0.257 e. The average Bonchev–Trinajstić information content (AvgIpc) is 3.05. The van der Waals surface area contributed by atoms with Gasteiger partial charge in [-0.05, 0) is 25.9 Å². The molecule has 0 saturated carbocycles. The minimum absolute atomic E-state index is 0.134. The minimum Gasteiger partial charge on any atom is -0.354 e. The highest BCUT2D eigenvalue weighted by molar-refractivity contribution is 6.01. The van der Waals surface area contributed by atoms with Crippen LogP contribution in [0.4, 0.5) is 0 Å². The molecule has 134 valence electrons. The smallest absolute Gasteiger partial charge is 0.257 e. The summed E-state index contributed by atoms with van der Waals surface area (Å²) in [6.45, 7) is 7.62. The SMILES string of the molecule is CCN(CC)Cc1cnc2c(C(=O)N[C@H]3CCCNC3=O)cnn2c1. The first kappa shape index (κ1) is 17.3. The number of rotatable bonds is 6. The van der Waals surface area contributed by atoms with Gasteiger partial charge in [0.25, 0.3) is 5.91 Å². The molecule has 2 aromatic rings. The van der Waals surface area contributed by atoms with Gasteiger partial charge in [-0.15, -0.1) is 0 Å². The zero-order valence-corrected chi connectivity index (χ0v) is 14.7. The van der Waals surface area contributed by atoms with E-state index in [2.05, 4.69) is 39.5 Å². The molecule has 25 heavy (non-hydrogen) atoms. The molecular formula is C17H24N6O2. The summed E-state index contributed by atoms with van der Waals surface area (Å²) >= 11 is 0. The lowest BCUT2D eigenvalue weighted by molar-refractivity contribution is -0.124. The number of nitrogens with one attached hydrogen (secondary N) is 2. The largest absolute Gasteiger partial charge is 0.354 e. The Morgan fingerprint density at radius 2 is 2.20 bits per heavy atom. The molecule has 1 fully saturated rings. The van der Waals surface area contributed by atoms with Crippen LogP contribution >= 0.6 is 0 Å². The van der Waals surface area contributed by atoms with Crippen molar-refractivity contribution in [1.82, 2.24) is 30.1 Å². The van der Waals surface area contributed by atoms with Crippen molar-refractivity contribution in [3.8, 4) is 0 Å². The molecule has 3 rings (SSSR count). The number of carbonyl (C=O) groups excluding carboxylic acids is 2. The summed E-state index contributed by atoms with van der Waals surface area (Å²) in [5, 5.41) is 9.78. The van der Waals surface area contributed by atoms with Crippen molar-refractivity contribution in [3.05, 3.63) is 29.7 Å². The van der Waals surface area contributed by atoms with E-state index < -0.39 is 6.04 Å². The number of carbonyl (C=O) groups is 2. The van der Waals surface area contributed by atoms with Gasteiger partial charge in [-0.3, -0.25) is 14.5 Å². The lowest BCUT2D eigenvalue weighted by atomic mass is 10.1. The van der Waals surface area contributed by atoms with Crippen molar-refractivity contribution in [2.75, 3.05) is 19.6 Å². The fourth-order valence-electron chi connectivity index (χ4n) is 3.01. The molecule has 0 bridgehead atoms. The normalized spacial score (nSPS) is 17.7. The molecule has 0 radical (unpaired) electrons. The second-order valence-corrected chi connectivity index (χ2v) is 6.21. The highest BCUT2D eigenvalue weighted by Gasteiger charge is 2.25. The van der Waals surface area contributed by atoms with E-state index in [4.69, 9.17) is 0 Å². The Morgan fingerprint density at radius 3 is 2.92 bits per heavy atom. The van der Waals surface area contributed by atoms with E-state index in [-0.39, 0.29) is 11.8 Å². The Morgan fingerprint density at radius 1 is 1.40 bits per heavy atom. The number of hydrogen-bond donors (Lipinski definition) is 2. The lowest BCUT2D eigenvalue weighted by Crippen LogP contribution is -2.50. The average molecular weight is 344 g/mol. The van der Waals surface area contributed by atoms with Crippen LogP contribution in [-0.2, 0) is 11.3 Å². The number of amides is 2. The molecule has 8 heteroatoms. The summed E-state index contributed by atoms with van der Waals surface area (Å²) < 4.78 is 1.62. The van der Waals surface area contributed by atoms with Gasteiger partial charge in [0.05, 0.1) is 6.20 Å². The number of nitrogens with zero attached hydrogens (tertiary/aromatic N) is 4.